The van der Waals surface area contributed by atoms with Gasteiger partial charge in [-0.2, -0.15) is 0 Å². The van der Waals surface area contributed by atoms with Crippen molar-refractivity contribution in [1.82, 2.24) is 0 Å². The highest BCUT2D eigenvalue weighted by molar-refractivity contribution is 9.09. The third-order valence-electron chi connectivity index (χ3n) is 1.69. The molecule has 0 aromatic rings. The molecule has 0 amide bonds. The molecular weight excluding hydrogens is 216 g/mol. The Hall–Kier alpha value is 0.320. The fourth-order valence-electron chi connectivity index (χ4n) is 1.03. The molecule has 66 valence electrons. The van der Waals surface area contributed by atoms with Crippen molar-refractivity contribution in [3.05, 3.63) is 0 Å². The highest BCUT2D eigenvalue weighted by Gasteiger charge is 2.41. The Morgan fingerprint density at radius 1 is 1.64 bits per heavy atom. The molecule has 0 bridgehead atoms. The van der Waals surface area contributed by atoms with Gasteiger partial charge in [0.1, 0.15) is 6.10 Å². The van der Waals surface area contributed by atoms with E-state index in [1.54, 1.807) is 0 Å². The van der Waals surface area contributed by atoms with Gasteiger partial charge in [-0.15, -0.1) is 0 Å². The van der Waals surface area contributed by atoms with Crippen LogP contribution in [0.15, 0.2) is 0 Å². The standard InChI is InChI=1S/C6H11BrO4/c1-10-6-4(7)5(9)3(2-8)11-6/h3-6,8-9H,2H2,1H3/t3-,4+,5-,6?/m1/s1. The molecule has 1 aliphatic heterocycles. The summed E-state index contributed by atoms with van der Waals surface area (Å²) in [6.07, 6.45) is -1.71. The van der Waals surface area contributed by atoms with Crippen molar-refractivity contribution in [2.45, 2.75) is 23.3 Å². The molecule has 4 atom stereocenters. The maximum Gasteiger partial charge on any atom is 0.172 e. The summed E-state index contributed by atoms with van der Waals surface area (Å²) in [7, 11) is 1.49. The Balaban J connectivity index is 2.53. The number of aliphatic hydroxyl groups excluding tert-OH is 2. The summed E-state index contributed by atoms with van der Waals surface area (Å²) in [4.78, 5) is -0.260. The number of rotatable bonds is 2. The van der Waals surface area contributed by atoms with Gasteiger partial charge < -0.3 is 19.7 Å². The molecule has 0 radical (unpaired) electrons. The van der Waals surface area contributed by atoms with E-state index < -0.39 is 18.5 Å². The molecule has 1 unspecified atom stereocenters. The minimum absolute atomic E-state index is 0.191. The third kappa shape index (κ3) is 1.73. The summed E-state index contributed by atoms with van der Waals surface area (Å²) in [6, 6.07) is 0. The highest BCUT2D eigenvalue weighted by atomic mass is 79.9. The predicted molar refractivity (Wildman–Crippen MR) is 41.5 cm³/mol. The van der Waals surface area contributed by atoms with E-state index in [0.717, 1.165) is 0 Å². The van der Waals surface area contributed by atoms with Crippen molar-refractivity contribution in [2.24, 2.45) is 0 Å². The van der Waals surface area contributed by atoms with Crippen LogP contribution in [-0.2, 0) is 9.47 Å². The zero-order chi connectivity index (χ0) is 8.43. The molecule has 4 nitrogen and oxygen atoms in total. The van der Waals surface area contributed by atoms with Crippen LogP contribution >= 0.6 is 15.9 Å². The van der Waals surface area contributed by atoms with E-state index in [1.165, 1.54) is 7.11 Å². The molecule has 1 saturated heterocycles. The summed E-state index contributed by atoms with van der Waals surface area (Å²) in [5.41, 5.74) is 0. The van der Waals surface area contributed by atoms with Gasteiger partial charge in [-0.1, -0.05) is 15.9 Å². The van der Waals surface area contributed by atoms with E-state index >= 15 is 0 Å². The Morgan fingerprint density at radius 2 is 2.27 bits per heavy atom. The van der Waals surface area contributed by atoms with Crippen molar-refractivity contribution in [1.29, 1.82) is 0 Å². The van der Waals surface area contributed by atoms with Crippen LogP contribution in [0.4, 0.5) is 0 Å². The number of alkyl halides is 1. The van der Waals surface area contributed by atoms with Crippen LogP contribution in [0.2, 0.25) is 0 Å². The lowest BCUT2D eigenvalue weighted by atomic mass is 10.2. The van der Waals surface area contributed by atoms with Crippen LogP contribution in [0.5, 0.6) is 0 Å². The topological polar surface area (TPSA) is 58.9 Å². The first kappa shape index (κ1) is 9.41. The molecule has 0 aromatic heterocycles. The Labute approximate surface area is 73.2 Å². The van der Waals surface area contributed by atoms with Gasteiger partial charge in [0.05, 0.1) is 17.5 Å². The van der Waals surface area contributed by atoms with E-state index in [0.29, 0.717) is 0 Å². The monoisotopic (exact) mass is 226 g/mol. The Kier molecular flexibility index (Phi) is 3.27. The number of methoxy groups -OCH3 is 1. The SMILES string of the molecule is COC1O[C@H](CO)[C@@H](O)[C@@H]1Br. The van der Waals surface area contributed by atoms with Gasteiger partial charge in [-0.25, -0.2) is 0 Å². The van der Waals surface area contributed by atoms with Crippen LogP contribution in [-0.4, -0.2) is 47.3 Å². The van der Waals surface area contributed by atoms with Gasteiger partial charge in [0.25, 0.3) is 0 Å². The summed E-state index contributed by atoms with van der Waals surface area (Å²) in [5, 5.41) is 18.1. The molecule has 2 N–H and O–H groups in total. The molecule has 11 heavy (non-hydrogen) atoms. The second-order valence-corrected chi connectivity index (χ2v) is 3.45. The van der Waals surface area contributed by atoms with Crippen LogP contribution in [0.1, 0.15) is 0 Å². The Bertz CT molecular complexity index is 114. The minimum atomic E-state index is -0.704. The number of hydrogen-bond donors (Lipinski definition) is 2. The maximum absolute atomic E-state index is 9.35. The number of aliphatic hydroxyl groups is 2. The van der Waals surface area contributed by atoms with Crippen molar-refractivity contribution in [3.8, 4) is 0 Å². The summed E-state index contributed by atoms with van der Waals surface area (Å²) >= 11 is 3.20. The normalized spacial score (nSPS) is 44.7. The quantitative estimate of drug-likeness (QED) is 0.623. The van der Waals surface area contributed by atoms with Crippen molar-refractivity contribution < 1.29 is 19.7 Å². The van der Waals surface area contributed by atoms with Gasteiger partial charge in [-0.3, -0.25) is 0 Å². The zero-order valence-electron chi connectivity index (χ0n) is 6.11. The zero-order valence-corrected chi connectivity index (χ0v) is 7.69. The van der Waals surface area contributed by atoms with Crippen molar-refractivity contribution in [3.63, 3.8) is 0 Å². The first-order chi connectivity index (χ1) is 5.20. The second-order valence-electron chi connectivity index (χ2n) is 2.40. The van der Waals surface area contributed by atoms with Crippen LogP contribution in [0.3, 0.4) is 0 Å². The molecular formula is C6H11BrO4. The number of hydrogen-bond acceptors (Lipinski definition) is 4. The van der Waals surface area contributed by atoms with Gasteiger partial charge in [0.15, 0.2) is 6.29 Å². The highest BCUT2D eigenvalue weighted by Crippen LogP contribution is 2.27. The first-order valence-corrected chi connectivity index (χ1v) is 4.23. The first-order valence-electron chi connectivity index (χ1n) is 3.32. The summed E-state index contributed by atoms with van der Waals surface area (Å²) in [5.74, 6) is 0. The lowest BCUT2D eigenvalue weighted by Crippen LogP contribution is -2.30. The van der Waals surface area contributed by atoms with E-state index in [2.05, 4.69) is 15.9 Å². The predicted octanol–water partition coefficient (Wildman–Crippen LogP) is -0.526. The van der Waals surface area contributed by atoms with E-state index in [1.807, 2.05) is 0 Å². The fraction of sp³-hybridized carbons (Fsp3) is 1.00. The van der Waals surface area contributed by atoms with Crippen molar-refractivity contribution in [2.75, 3.05) is 13.7 Å². The lowest BCUT2D eigenvalue weighted by Gasteiger charge is -2.10. The summed E-state index contributed by atoms with van der Waals surface area (Å²) < 4.78 is 10.0. The molecule has 0 saturated carbocycles. The maximum atomic E-state index is 9.35. The molecule has 0 spiro atoms. The molecule has 1 fully saturated rings. The Morgan fingerprint density at radius 3 is 2.55 bits per heavy atom. The van der Waals surface area contributed by atoms with Gasteiger partial charge in [-0.05, 0) is 0 Å². The molecule has 0 aliphatic carbocycles. The number of halogens is 1. The molecule has 5 heteroatoms. The number of ether oxygens (including phenoxy) is 2. The van der Waals surface area contributed by atoms with Crippen LogP contribution < -0.4 is 0 Å². The van der Waals surface area contributed by atoms with E-state index in [9.17, 15) is 5.11 Å². The fourth-order valence-corrected chi connectivity index (χ4v) is 1.71. The average molecular weight is 227 g/mol. The van der Waals surface area contributed by atoms with Crippen LogP contribution in [0, 0.1) is 0 Å². The van der Waals surface area contributed by atoms with Gasteiger partial charge >= 0.3 is 0 Å². The summed E-state index contributed by atoms with van der Waals surface area (Å²) in [6.45, 7) is -0.191. The van der Waals surface area contributed by atoms with E-state index in [-0.39, 0.29) is 11.4 Å². The second kappa shape index (κ2) is 3.82. The average Bonchev–Trinajstić information content (AvgIpc) is 2.30. The minimum Gasteiger partial charge on any atom is -0.394 e. The lowest BCUT2D eigenvalue weighted by molar-refractivity contribution is -0.125. The molecule has 1 heterocycles. The van der Waals surface area contributed by atoms with Gasteiger partial charge in [0, 0.05) is 7.11 Å². The smallest absolute Gasteiger partial charge is 0.172 e. The third-order valence-corrected chi connectivity index (χ3v) is 2.66. The molecule has 0 aromatic carbocycles. The van der Waals surface area contributed by atoms with Gasteiger partial charge in [0.2, 0.25) is 0 Å². The van der Waals surface area contributed by atoms with Crippen molar-refractivity contribution >= 4 is 15.9 Å². The molecule has 1 aliphatic rings. The van der Waals surface area contributed by atoms with E-state index in [4.69, 9.17) is 14.6 Å². The largest absolute Gasteiger partial charge is 0.394 e. The molecule has 1 rings (SSSR count). The van der Waals surface area contributed by atoms with Crippen LogP contribution in [0.25, 0.3) is 0 Å².